The van der Waals surface area contributed by atoms with E-state index in [4.69, 9.17) is 11.6 Å². The lowest BCUT2D eigenvalue weighted by Gasteiger charge is -2.51. The quantitative estimate of drug-likeness (QED) is 0.0939. The summed E-state index contributed by atoms with van der Waals surface area (Å²) in [5.74, 6) is -6.68. The number of carbonyl (C=O) groups excluding carboxylic acids is 5. The molecule has 2 saturated heterocycles. The van der Waals surface area contributed by atoms with Gasteiger partial charge in [-0.3, -0.25) is 34.3 Å². The van der Waals surface area contributed by atoms with E-state index in [1.165, 1.54) is 29.2 Å². The van der Waals surface area contributed by atoms with Crippen molar-refractivity contribution in [2.45, 2.75) is 24.2 Å². The summed E-state index contributed by atoms with van der Waals surface area (Å²) in [4.78, 5) is 74.2. The minimum absolute atomic E-state index is 0.0358. The van der Waals surface area contributed by atoms with Crippen molar-refractivity contribution in [1.29, 1.82) is 0 Å². The van der Waals surface area contributed by atoms with Crippen LogP contribution in [0.3, 0.4) is 0 Å². The van der Waals surface area contributed by atoms with Gasteiger partial charge < -0.3 is 5.11 Å². The fourth-order valence-electron chi connectivity index (χ4n) is 10.3. The molecule has 3 fully saturated rings. The third-order valence-corrected chi connectivity index (χ3v) is 13.2. The largest absolute Gasteiger partial charge is 0.507 e. The van der Waals surface area contributed by atoms with Crippen LogP contribution in [-0.2, 0) is 24.6 Å². The molecule has 9 nitrogen and oxygen atoms in total. The number of nitrogens with zero attached hydrogens (tertiary/aromatic N) is 2. The van der Waals surface area contributed by atoms with Crippen molar-refractivity contribution in [1.82, 2.24) is 5.01 Å². The fourth-order valence-corrected chi connectivity index (χ4v) is 10.5. The summed E-state index contributed by atoms with van der Waals surface area (Å²) in [7, 11) is 0. The number of hydrogen-bond donors (Lipinski definition) is 2. The summed E-state index contributed by atoms with van der Waals surface area (Å²) in [5.41, 5.74) is 4.89. The van der Waals surface area contributed by atoms with Crippen LogP contribution in [0.2, 0.25) is 5.02 Å². The van der Waals surface area contributed by atoms with Crippen LogP contribution in [0.15, 0.2) is 151 Å². The van der Waals surface area contributed by atoms with Gasteiger partial charge in [-0.2, -0.15) is 5.01 Å². The Labute approximate surface area is 348 Å². The van der Waals surface area contributed by atoms with E-state index in [2.05, 4.69) is 5.43 Å². The Morgan fingerprint density at radius 1 is 0.717 bits per heavy atom. The molecule has 2 aliphatic heterocycles. The maximum Gasteiger partial charge on any atom is 0.260 e. The molecule has 2 aliphatic carbocycles. The molecule has 296 valence electrons. The van der Waals surface area contributed by atoms with E-state index in [1.807, 2.05) is 24.3 Å². The normalized spacial score (nSPS) is 24.6. The molecule has 1 saturated carbocycles. The Kier molecular flexibility index (Phi) is 8.80. The maximum atomic E-state index is 15.5. The zero-order valence-electron chi connectivity index (χ0n) is 31.8. The number of phenols is 1. The average Bonchev–Trinajstić information content (AvgIpc) is 3.65. The van der Waals surface area contributed by atoms with Crippen LogP contribution in [0.1, 0.15) is 45.8 Å². The molecule has 4 aliphatic rings. The van der Waals surface area contributed by atoms with Gasteiger partial charge in [0.1, 0.15) is 11.6 Å². The van der Waals surface area contributed by atoms with E-state index in [-0.39, 0.29) is 30.3 Å². The summed E-state index contributed by atoms with van der Waals surface area (Å²) in [5, 5.41) is 13.7. The molecule has 6 aromatic carbocycles. The highest BCUT2D eigenvalue weighted by Crippen LogP contribution is 2.65. The van der Waals surface area contributed by atoms with Gasteiger partial charge in [0.05, 0.1) is 34.5 Å². The Bertz CT molecular complexity index is 2810. The molecule has 6 atom stereocenters. The molecule has 11 heteroatoms. The lowest BCUT2D eigenvalue weighted by Crippen LogP contribution is -2.53. The van der Waals surface area contributed by atoms with Crippen LogP contribution >= 0.6 is 11.6 Å². The summed E-state index contributed by atoms with van der Waals surface area (Å²) in [6.45, 7) is 0. The average molecular weight is 816 g/mol. The number of anilines is 2. The molecule has 0 radical (unpaired) electrons. The van der Waals surface area contributed by atoms with Crippen LogP contribution in [0.5, 0.6) is 5.75 Å². The SMILES string of the molecule is O=C(c1ccccc1)c1ccc(N2C(=O)C3CC=C4C(CC5C(=O)N(Nc6ccc(F)cc6)C(=O)C5(c5ccc(Cl)cc5)C4c4ccc(O)c5ccccc45)C3C2=O)cc1. The number of ketones is 1. The molecule has 4 amide bonds. The van der Waals surface area contributed by atoms with Gasteiger partial charge in [0.25, 0.3) is 11.8 Å². The Morgan fingerprint density at radius 2 is 1.38 bits per heavy atom. The number of aromatic hydroxyl groups is 1. The lowest BCUT2D eigenvalue weighted by atomic mass is 9.49. The van der Waals surface area contributed by atoms with Gasteiger partial charge in [-0.25, -0.2) is 4.39 Å². The molecule has 0 bridgehead atoms. The second kappa shape index (κ2) is 14.1. The topological polar surface area (TPSA) is 124 Å². The van der Waals surface area contributed by atoms with Gasteiger partial charge in [-0.15, -0.1) is 0 Å². The third-order valence-electron chi connectivity index (χ3n) is 12.9. The van der Waals surface area contributed by atoms with Crippen LogP contribution < -0.4 is 10.3 Å². The van der Waals surface area contributed by atoms with Crippen molar-refractivity contribution in [3.05, 3.63) is 184 Å². The number of halogens is 2. The fraction of sp³-hybridized carbons (Fsp3) is 0.163. The van der Waals surface area contributed by atoms with Crippen LogP contribution in [0.4, 0.5) is 15.8 Å². The summed E-state index contributed by atoms with van der Waals surface area (Å²) < 4.78 is 14.0. The predicted octanol–water partition coefficient (Wildman–Crippen LogP) is 8.76. The summed E-state index contributed by atoms with van der Waals surface area (Å²) >= 11 is 6.44. The number of fused-ring (bicyclic) bond motifs is 5. The zero-order chi connectivity index (χ0) is 41.4. The van der Waals surface area contributed by atoms with Gasteiger partial charge in [0.15, 0.2) is 5.78 Å². The first-order valence-electron chi connectivity index (χ1n) is 19.7. The monoisotopic (exact) mass is 815 g/mol. The minimum Gasteiger partial charge on any atom is -0.507 e. The van der Waals surface area contributed by atoms with Crippen LogP contribution in [0, 0.1) is 29.5 Å². The molecule has 2 N–H and O–H groups in total. The number of imide groups is 2. The van der Waals surface area contributed by atoms with E-state index in [0.29, 0.717) is 49.4 Å². The van der Waals surface area contributed by atoms with Crippen molar-refractivity contribution in [2.24, 2.45) is 23.7 Å². The standard InChI is InChI=1S/C49H35ClFN3O6/c50-30-14-12-29(13-15-30)49-40(46(58)54(48(49)60)52-32-18-16-31(51)17-19-32)26-39-37(43(49)36-24-25-41(55)35-9-5-4-8-34(35)36)22-23-38-42(39)47(59)53(45(38)57)33-20-10-28(11-21-33)44(56)27-6-2-1-3-7-27/h1-22,24-25,38-40,42-43,52,55H,23,26H2. The molecule has 2 heterocycles. The second-order valence-corrected chi connectivity index (χ2v) is 16.3. The van der Waals surface area contributed by atoms with Crippen molar-refractivity contribution in [3.63, 3.8) is 0 Å². The highest BCUT2D eigenvalue weighted by atomic mass is 35.5. The number of amides is 4. The van der Waals surface area contributed by atoms with Crippen LogP contribution in [-0.4, -0.2) is 39.5 Å². The Balaban J connectivity index is 1.12. The molecule has 10 rings (SSSR count). The summed E-state index contributed by atoms with van der Waals surface area (Å²) in [6, 6.07) is 38.1. The van der Waals surface area contributed by atoms with E-state index in [9.17, 15) is 23.9 Å². The molecule has 60 heavy (non-hydrogen) atoms. The lowest BCUT2D eigenvalue weighted by molar-refractivity contribution is -0.138. The number of allylic oxidation sites excluding steroid dienone is 2. The number of phenolic OH excluding ortho intramolecular Hbond substituents is 1. The molecule has 6 unspecified atom stereocenters. The Morgan fingerprint density at radius 3 is 2.10 bits per heavy atom. The molecular formula is C49H35ClFN3O6. The first kappa shape index (κ1) is 37.4. The number of carbonyl (C=O) groups is 5. The zero-order valence-corrected chi connectivity index (χ0v) is 32.6. The van der Waals surface area contributed by atoms with Crippen molar-refractivity contribution in [2.75, 3.05) is 10.3 Å². The van der Waals surface area contributed by atoms with Gasteiger partial charge in [0, 0.05) is 27.5 Å². The molecular weight excluding hydrogens is 781 g/mol. The highest BCUT2D eigenvalue weighted by molar-refractivity contribution is 6.30. The maximum absolute atomic E-state index is 15.5. The highest BCUT2D eigenvalue weighted by Gasteiger charge is 2.70. The number of hydrogen-bond acceptors (Lipinski definition) is 7. The predicted molar refractivity (Wildman–Crippen MR) is 223 cm³/mol. The van der Waals surface area contributed by atoms with Gasteiger partial charge >= 0.3 is 0 Å². The van der Waals surface area contributed by atoms with E-state index in [0.717, 1.165) is 10.6 Å². The van der Waals surface area contributed by atoms with Gasteiger partial charge in [-0.05, 0) is 102 Å². The van der Waals surface area contributed by atoms with Gasteiger partial charge in [-0.1, -0.05) is 96.0 Å². The minimum atomic E-state index is -1.59. The van der Waals surface area contributed by atoms with Crippen LogP contribution in [0.25, 0.3) is 10.8 Å². The molecule has 0 spiro atoms. The number of hydrazine groups is 1. The van der Waals surface area contributed by atoms with Crippen molar-refractivity contribution in [3.8, 4) is 5.75 Å². The molecule has 0 aromatic heterocycles. The first-order valence-corrected chi connectivity index (χ1v) is 20.1. The molecule has 6 aromatic rings. The van der Waals surface area contributed by atoms with E-state index < -0.39 is 58.5 Å². The van der Waals surface area contributed by atoms with E-state index >= 15 is 9.59 Å². The van der Waals surface area contributed by atoms with Crippen molar-refractivity contribution >= 4 is 63.2 Å². The van der Waals surface area contributed by atoms with Crippen molar-refractivity contribution < 1.29 is 33.5 Å². The smallest absolute Gasteiger partial charge is 0.260 e. The second-order valence-electron chi connectivity index (χ2n) is 15.8. The first-order chi connectivity index (χ1) is 29.1. The number of nitrogens with one attached hydrogen (secondary N) is 1. The van der Waals surface area contributed by atoms with Gasteiger partial charge in [0.2, 0.25) is 11.8 Å². The number of benzene rings is 6. The number of rotatable bonds is 7. The third kappa shape index (κ3) is 5.54. The summed E-state index contributed by atoms with van der Waals surface area (Å²) in [6.07, 6.45) is 2.23. The van der Waals surface area contributed by atoms with E-state index in [1.54, 1.807) is 97.1 Å². The Hall–Kier alpha value is -6.91.